The first kappa shape index (κ1) is 15.8. The molecule has 1 N–H and O–H groups in total. The van der Waals surface area contributed by atoms with Gasteiger partial charge in [-0.3, -0.25) is 0 Å². The maximum Gasteiger partial charge on any atom is 0.133 e. The number of piperidine rings is 1. The third-order valence-electron chi connectivity index (χ3n) is 4.25. The summed E-state index contributed by atoms with van der Waals surface area (Å²) in [6, 6.07) is 7.27. The molecule has 3 nitrogen and oxygen atoms in total. The first-order chi connectivity index (χ1) is 9.51. The molecule has 1 aliphatic heterocycles. The van der Waals surface area contributed by atoms with Gasteiger partial charge in [0.25, 0.3) is 0 Å². The molecule has 4 heteroatoms. The van der Waals surface area contributed by atoms with Crippen LogP contribution in [0.25, 0.3) is 0 Å². The highest BCUT2D eigenvalue weighted by atomic mass is 79.9. The monoisotopic (exact) mass is 340 g/mol. The van der Waals surface area contributed by atoms with Crippen LogP contribution in [0.1, 0.15) is 31.9 Å². The molecule has 2 rings (SSSR count). The SMILES string of the molecule is COc1ccc(C(C)NC2CCN(C)CC2C)cc1Br. The van der Waals surface area contributed by atoms with Crippen LogP contribution in [0.2, 0.25) is 0 Å². The molecular weight excluding hydrogens is 316 g/mol. The lowest BCUT2D eigenvalue weighted by atomic mass is 9.93. The third-order valence-corrected chi connectivity index (χ3v) is 4.87. The van der Waals surface area contributed by atoms with Gasteiger partial charge in [0, 0.05) is 18.6 Å². The smallest absolute Gasteiger partial charge is 0.133 e. The molecule has 0 radical (unpaired) electrons. The lowest BCUT2D eigenvalue weighted by Crippen LogP contribution is -2.47. The van der Waals surface area contributed by atoms with Crippen molar-refractivity contribution in [2.45, 2.75) is 32.4 Å². The van der Waals surface area contributed by atoms with E-state index in [1.807, 2.05) is 6.07 Å². The number of likely N-dealkylation sites (tertiary alicyclic amines) is 1. The molecule has 0 amide bonds. The Morgan fingerprint density at radius 3 is 2.80 bits per heavy atom. The van der Waals surface area contributed by atoms with Gasteiger partial charge in [0.2, 0.25) is 0 Å². The average molecular weight is 341 g/mol. The molecule has 1 aromatic rings. The molecule has 0 aliphatic carbocycles. The summed E-state index contributed by atoms with van der Waals surface area (Å²) in [5.74, 6) is 1.58. The zero-order chi connectivity index (χ0) is 14.7. The van der Waals surface area contributed by atoms with E-state index in [1.165, 1.54) is 25.1 Å². The summed E-state index contributed by atoms with van der Waals surface area (Å²) in [5.41, 5.74) is 1.30. The fraction of sp³-hybridized carbons (Fsp3) is 0.625. The minimum atomic E-state index is 0.355. The Morgan fingerprint density at radius 2 is 2.20 bits per heavy atom. The second-order valence-corrected chi connectivity index (χ2v) is 6.77. The Kier molecular flexibility index (Phi) is 5.47. The van der Waals surface area contributed by atoms with Gasteiger partial charge in [0.15, 0.2) is 0 Å². The van der Waals surface area contributed by atoms with Crippen molar-refractivity contribution < 1.29 is 4.74 Å². The first-order valence-corrected chi connectivity index (χ1v) is 8.08. The van der Waals surface area contributed by atoms with Gasteiger partial charge in [0.05, 0.1) is 11.6 Å². The Bertz CT molecular complexity index is 452. The Balaban J connectivity index is 2.01. The highest BCUT2D eigenvalue weighted by molar-refractivity contribution is 9.10. The minimum Gasteiger partial charge on any atom is -0.496 e. The van der Waals surface area contributed by atoms with Crippen molar-refractivity contribution in [2.75, 3.05) is 27.2 Å². The van der Waals surface area contributed by atoms with E-state index in [0.717, 1.165) is 10.2 Å². The van der Waals surface area contributed by atoms with Crippen LogP contribution >= 0.6 is 15.9 Å². The van der Waals surface area contributed by atoms with Crippen LogP contribution in [-0.2, 0) is 0 Å². The summed E-state index contributed by atoms with van der Waals surface area (Å²) < 4.78 is 6.30. The van der Waals surface area contributed by atoms with Gasteiger partial charge in [-0.05, 0) is 66.5 Å². The fourth-order valence-electron chi connectivity index (χ4n) is 2.97. The van der Waals surface area contributed by atoms with Gasteiger partial charge < -0.3 is 15.0 Å². The Morgan fingerprint density at radius 1 is 1.45 bits per heavy atom. The van der Waals surface area contributed by atoms with Crippen LogP contribution in [0.5, 0.6) is 5.75 Å². The Labute approximate surface area is 130 Å². The number of halogens is 1. The number of ether oxygens (including phenoxy) is 1. The number of nitrogens with zero attached hydrogens (tertiary/aromatic N) is 1. The number of nitrogens with one attached hydrogen (secondary N) is 1. The zero-order valence-corrected chi connectivity index (χ0v) is 14.4. The van der Waals surface area contributed by atoms with Crippen molar-refractivity contribution in [2.24, 2.45) is 5.92 Å². The summed E-state index contributed by atoms with van der Waals surface area (Å²) in [5, 5.41) is 3.78. The van der Waals surface area contributed by atoms with Crippen molar-refractivity contribution in [3.05, 3.63) is 28.2 Å². The quantitative estimate of drug-likeness (QED) is 0.908. The molecule has 0 spiro atoms. The minimum absolute atomic E-state index is 0.355. The average Bonchev–Trinajstić information content (AvgIpc) is 2.41. The van der Waals surface area contributed by atoms with Crippen LogP contribution in [-0.4, -0.2) is 38.2 Å². The van der Waals surface area contributed by atoms with Gasteiger partial charge in [-0.1, -0.05) is 13.0 Å². The lowest BCUT2D eigenvalue weighted by molar-refractivity contribution is 0.168. The van der Waals surface area contributed by atoms with Gasteiger partial charge in [-0.2, -0.15) is 0 Å². The third kappa shape index (κ3) is 3.74. The van der Waals surface area contributed by atoms with Gasteiger partial charge in [-0.15, -0.1) is 0 Å². The number of rotatable bonds is 4. The lowest BCUT2D eigenvalue weighted by Gasteiger charge is -2.37. The van der Waals surface area contributed by atoms with Crippen molar-refractivity contribution in [3.8, 4) is 5.75 Å². The van der Waals surface area contributed by atoms with E-state index in [4.69, 9.17) is 4.74 Å². The van der Waals surface area contributed by atoms with E-state index in [9.17, 15) is 0 Å². The maximum atomic E-state index is 5.29. The molecule has 1 aromatic carbocycles. The largest absolute Gasteiger partial charge is 0.496 e. The molecule has 3 atom stereocenters. The van der Waals surface area contributed by atoms with Crippen LogP contribution in [0.15, 0.2) is 22.7 Å². The normalized spacial score (nSPS) is 25.4. The molecule has 3 unspecified atom stereocenters. The second-order valence-electron chi connectivity index (χ2n) is 5.92. The van der Waals surface area contributed by atoms with Crippen molar-refractivity contribution in [1.29, 1.82) is 0 Å². The molecule has 1 heterocycles. The first-order valence-electron chi connectivity index (χ1n) is 7.29. The molecule has 0 saturated carbocycles. The molecular formula is C16H25BrN2O. The molecule has 112 valence electrons. The van der Waals surface area contributed by atoms with Crippen molar-refractivity contribution in [3.63, 3.8) is 0 Å². The van der Waals surface area contributed by atoms with E-state index >= 15 is 0 Å². The summed E-state index contributed by atoms with van der Waals surface area (Å²) in [6.45, 7) is 6.93. The number of hydrogen-bond acceptors (Lipinski definition) is 3. The standard InChI is InChI=1S/C16H25BrN2O/c1-11-10-19(3)8-7-15(11)18-12(2)13-5-6-16(20-4)14(17)9-13/h5-6,9,11-12,15,18H,7-8,10H2,1-4H3. The number of hydrogen-bond donors (Lipinski definition) is 1. The predicted molar refractivity (Wildman–Crippen MR) is 87.3 cm³/mol. The van der Waals surface area contributed by atoms with Crippen LogP contribution < -0.4 is 10.1 Å². The number of benzene rings is 1. The van der Waals surface area contributed by atoms with E-state index < -0.39 is 0 Å². The molecule has 0 aromatic heterocycles. The van der Waals surface area contributed by atoms with Crippen LogP contribution in [0.4, 0.5) is 0 Å². The molecule has 1 saturated heterocycles. The summed E-state index contributed by atoms with van der Waals surface area (Å²) in [7, 11) is 3.90. The highest BCUT2D eigenvalue weighted by Crippen LogP contribution is 2.29. The summed E-state index contributed by atoms with van der Waals surface area (Å²) >= 11 is 3.56. The van der Waals surface area contributed by atoms with E-state index in [2.05, 4.69) is 59.2 Å². The molecule has 1 fully saturated rings. The predicted octanol–water partition coefficient (Wildman–Crippen LogP) is 3.45. The van der Waals surface area contributed by atoms with E-state index in [0.29, 0.717) is 18.0 Å². The maximum absolute atomic E-state index is 5.29. The summed E-state index contributed by atoms with van der Waals surface area (Å²) in [6.07, 6.45) is 1.22. The van der Waals surface area contributed by atoms with E-state index in [-0.39, 0.29) is 0 Å². The highest BCUT2D eigenvalue weighted by Gasteiger charge is 2.25. The van der Waals surface area contributed by atoms with E-state index in [1.54, 1.807) is 7.11 Å². The van der Waals surface area contributed by atoms with Gasteiger partial charge in [-0.25, -0.2) is 0 Å². The van der Waals surface area contributed by atoms with Crippen molar-refractivity contribution >= 4 is 15.9 Å². The zero-order valence-electron chi connectivity index (χ0n) is 12.8. The second kappa shape index (κ2) is 6.92. The molecule has 0 bridgehead atoms. The molecule has 1 aliphatic rings. The summed E-state index contributed by atoms with van der Waals surface area (Å²) in [4.78, 5) is 2.41. The number of methoxy groups -OCH3 is 1. The van der Waals surface area contributed by atoms with Crippen molar-refractivity contribution in [1.82, 2.24) is 10.2 Å². The van der Waals surface area contributed by atoms with Gasteiger partial charge in [0.1, 0.15) is 5.75 Å². The van der Waals surface area contributed by atoms with Gasteiger partial charge >= 0.3 is 0 Å². The Hall–Kier alpha value is -0.580. The van der Waals surface area contributed by atoms with Crippen LogP contribution in [0.3, 0.4) is 0 Å². The fourth-order valence-corrected chi connectivity index (χ4v) is 3.53. The van der Waals surface area contributed by atoms with Crippen LogP contribution in [0, 0.1) is 5.92 Å². The topological polar surface area (TPSA) is 24.5 Å². The molecule has 20 heavy (non-hydrogen) atoms.